The molecule has 0 saturated carbocycles. The van der Waals surface area contributed by atoms with Gasteiger partial charge in [0.15, 0.2) is 0 Å². The quantitative estimate of drug-likeness (QED) is 0.738. The van der Waals surface area contributed by atoms with Crippen molar-refractivity contribution in [3.8, 4) is 11.3 Å². The average Bonchev–Trinajstić information content (AvgIpc) is 3.17. The third-order valence-corrected chi connectivity index (χ3v) is 3.23. The van der Waals surface area contributed by atoms with Gasteiger partial charge in [-0.15, -0.1) is 0 Å². The van der Waals surface area contributed by atoms with Crippen molar-refractivity contribution in [3.05, 3.63) is 60.4 Å². The van der Waals surface area contributed by atoms with E-state index in [1.165, 1.54) is 0 Å². The van der Waals surface area contributed by atoms with E-state index in [0.717, 1.165) is 34.9 Å². The smallest absolute Gasteiger partial charge is 0.123 e. The van der Waals surface area contributed by atoms with Crippen LogP contribution in [0.1, 0.15) is 18.4 Å². The van der Waals surface area contributed by atoms with Gasteiger partial charge in [-0.2, -0.15) is 0 Å². The van der Waals surface area contributed by atoms with Crippen molar-refractivity contribution in [2.24, 2.45) is 0 Å². The second kappa shape index (κ2) is 5.65. The third-order valence-electron chi connectivity index (χ3n) is 3.23. The highest BCUT2D eigenvalue weighted by atomic mass is 16.3. The molecule has 0 radical (unpaired) electrons. The van der Waals surface area contributed by atoms with Crippen LogP contribution in [0.3, 0.4) is 0 Å². The molecule has 0 fully saturated rings. The summed E-state index contributed by atoms with van der Waals surface area (Å²) in [5, 5.41) is 3.35. The molecule has 0 unspecified atom stereocenters. The summed E-state index contributed by atoms with van der Waals surface area (Å²) in [7, 11) is 0. The minimum absolute atomic E-state index is 0.698. The predicted molar refractivity (Wildman–Crippen MR) is 79.4 cm³/mol. The summed E-state index contributed by atoms with van der Waals surface area (Å²) in [6.07, 6.45) is 4.43. The maximum absolute atomic E-state index is 5.66. The number of aryl methyl sites for hydroxylation is 1. The molecule has 3 rings (SSSR count). The first-order valence-electron chi connectivity index (χ1n) is 6.75. The Bertz CT molecular complexity index is 653. The predicted octanol–water partition coefficient (Wildman–Crippen LogP) is 3.84. The number of aromatic amines is 1. The standard InChI is InChI=1S/C16H17N3O/c1-2-14-7-8-15(20-14)9-18-13-5-3-12(4-6-13)16-10-17-11-19-16/h3-8,10-11,18H,2,9H2,1H3,(H,17,19). The first kappa shape index (κ1) is 12.5. The van der Waals surface area contributed by atoms with Crippen molar-refractivity contribution >= 4 is 5.69 Å². The number of hydrogen-bond acceptors (Lipinski definition) is 3. The number of rotatable bonds is 5. The zero-order chi connectivity index (χ0) is 13.8. The lowest BCUT2D eigenvalue weighted by Gasteiger charge is -2.05. The normalized spacial score (nSPS) is 10.7. The van der Waals surface area contributed by atoms with Gasteiger partial charge in [0, 0.05) is 12.1 Å². The van der Waals surface area contributed by atoms with E-state index in [-0.39, 0.29) is 0 Å². The lowest BCUT2D eigenvalue weighted by Crippen LogP contribution is -1.97. The van der Waals surface area contributed by atoms with E-state index in [0.29, 0.717) is 6.54 Å². The van der Waals surface area contributed by atoms with Gasteiger partial charge in [-0.25, -0.2) is 4.98 Å². The topological polar surface area (TPSA) is 53.9 Å². The summed E-state index contributed by atoms with van der Waals surface area (Å²) in [5.41, 5.74) is 3.22. The summed E-state index contributed by atoms with van der Waals surface area (Å²) in [6, 6.07) is 12.3. The van der Waals surface area contributed by atoms with Gasteiger partial charge in [-0.05, 0) is 29.8 Å². The molecule has 0 amide bonds. The second-order valence-electron chi connectivity index (χ2n) is 4.62. The lowest BCUT2D eigenvalue weighted by molar-refractivity contribution is 0.476. The number of furan rings is 1. The van der Waals surface area contributed by atoms with Gasteiger partial charge >= 0.3 is 0 Å². The maximum Gasteiger partial charge on any atom is 0.123 e. The third kappa shape index (κ3) is 2.74. The molecule has 20 heavy (non-hydrogen) atoms. The van der Waals surface area contributed by atoms with Crippen LogP contribution in [0.15, 0.2) is 53.3 Å². The van der Waals surface area contributed by atoms with E-state index in [1.54, 1.807) is 6.33 Å². The van der Waals surface area contributed by atoms with Gasteiger partial charge < -0.3 is 14.7 Å². The minimum atomic E-state index is 0.698. The highest BCUT2D eigenvalue weighted by molar-refractivity contribution is 5.61. The van der Waals surface area contributed by atoms with E-state index < -0.39 is 0 Å². The SMILES string of the molecule is CCc1ccc(CNc2ccc(-c3cnc[nH]3)cc2)o1. The fourth-order valence-corrected chi connectivity index (χ4v) is 2.08. The molecular formula is C16H17N3O. The summed E-state index contributed by atoms with van der Waals surface area (Å²) < 4.78 is 5.66. The first-order chi connectivity index (χ1) is 9.85. The lowest BCUT2D eigenvalue weighted by atomic mass is 10.1. The molecular weight excluding hydrogens is 250 g/mol. The zero-order valence-corrected chi connectivity index (χ0v) is 11.4. The van der Waals surface area contributed by atoms with Crippen LogP contribution in [0, 0.1) is 0 Å². The molecule has 0 atom stereocenters. The molecule has 0 saturated heterocycles. The highest BCUT2D eigenvalue weighted by Crippen LogP contribution is 2.19. The van der Waals surface area contributed by atoms with Crippen LogP contribution in [0.2, 0.25) is 0 Å². The maximum atomic E-state index is 5.66. The highest BCUT2D eigenvalue weighted by Gasteiger charge is 2.01. The van der Waals surface area contributed by atoms with Crippen LogP contribution in [-0.4, -0.2) is 9.97 Å². The second-order valence-corrected chi connectivity index (χ2v) is 4.62. The first-order valence-corrected chi connectivity index (χ1v) is 6.75. The van der Waals surface area contributed by atoms with Gasteiger partial charge in [0.05, 0.1) is 24.8 Å². The molecule has 2 aromatic heterocycles. The van der Waals surface area contributed by atoms with Crippen molar-refractivity contribution in [1.82, 2.24) is 9.97 Å². The molecule has 0 bridgehead atoms. The molecule has 4 nitrogen and oxygen atoms in total. The minimum Gasteiger partial charge on any atom is -0.464 e. The van der Waals surface area contributed by atoms with Crippen molar-refractivity contribution in [1.29, 1.82) is 0 Å². The van der Waals surface area contributed by atoms with Crippen LogP contribution in [-0.2, 0) is 13.0 Å². The van der Waals surface area contributed by atoms with Gasteiger partial charge in [-0.3, -0.25) is 0 Å². The van der Waals surface area contributed by atoms with Crippen molar-refractivity contribution < 1.29 is 4.42 Å². The molecule has 2 heterocycles. The van der Waals surface area contributed by atoms with Gasteiger partial charge in [0.25, 0.3) is 0 Å². The van der Waals surface area contributed by atoms with E-state index in [9.17, 15) is 0 Å². The molecule has 4 heteroatoms. The Morgan fingerprint density at radius 3 is 2.55 bits per heavy atom. The van der Waals surface area contributed by atoms with Crippen molar-refractivity contribution in [2.75, 3.05) is 5.32 Å². The molecule has 1 aromatic carbocycles. The fraction of sp³-hybridized carbons (Fsp3) is 0.188. The van der Waals surface area contributed by atoms with Crippen LogP contribution in [0.4, 0.5) is 5.69 Å². The van der Waals surface area contributed by atoms with Crippen molar-refractivity contribution in [2.45, 2.75) is 19.9 Å². The van der Waals surface area contributed by atoms with Crippen LogP contribution >= 0.6 is 0 Å². The van der Waals surface area contributed by atoms with Crippen LogP contribution in [0.5, 0.6) is 0 Å². The van der Waals surface area contributed by atoms with E-state index in [4.69, 9.17) is 4.42 Å². The molecule has 0 aliphatic rings. The molecule has 0 aliphatic heterocycles. The van der Waals surface area contributed by atoms with E-state index >= 15 is 0 Å². The van der Waals surface area contributed by atoms with Gasteiger partial charge in [-0.1, -0.05) is 19.1 Å². The molecule has 3 aromatic rings. The Labute approximate surface area is 117 Å². The molecule has 0 spiro atoms. The van der Waals surface area contributed by atoms with E-state index in [1.807, 2.05) is 18.3 Å². The number of benzene rings is 1. The summed E-state index contributed by atoms with van der Waals surface area (Å²) >= 11 is 0. The summed E-state index contributed by atoms with van der Waals surface area (Å²) in [5.74, 6) is 1.98. The molecule has 0 aliphatic carbocycles. The Balaban J connectivity index is 1.63. The number of anilines is 1. The van der Waals surface area contributed by atoms with E-state index in [2.05, 4.69) is 46.5 Å². The Morgan fingerprint density at radius 1 is 1.10 bits per heavy atom. The van der Waals surface area contributed by atoms with Gasteiger partial charge in [0.1, 0.15) is 11.5 Å². The number of hydrogen-bond donors (Lipinski definition) is 2. The Kier molecular flexibility index (Phi) is 3.54. The fourth-order valence-electron chi connectivity index (χ4n) is 2.08. The number of nitrogens with one attached hydrogen (secondary N) is 2. The Morgan fingerprint density at radius 2 is 1.90 bits per heavy atom. The average molecular weight is 267 g/mol. The van der Waals surface area contributed by atoms with Crippen LogP contribution < -0.4 is 5.32 Å². The number of aromatic nitrogens is 2. The monoisotopic (exact) mass is 267 g/mol. The molecule has 102 valence electrons. The van der Waals surface area contributed by atoms with Crippen LogP contribution in [0.25, 0.3) is 11.3 Å². The molecule has 2 N–H and O–H groups in total. The summed E-state index contributed by atoms with van der Waals surface area (Å²) in [4.78, 5) is 7.12. The van der Waals surface area contributed by atoms with Crippen molar-refractivity contribution in [3.63, 3.8) is 0 Å². The largest absolute Gasteiger partial charge is 0.464 e. The zero-order valence-electron chi connectivity index (χ0n) is 11.4. The van der Waals surface area contributed by atoms with Gasteiger partial charge in [0.2, 0.25) is 0 Å². The number of H-pyrrole nitrogens is 1. The summed E-state index contributed by atoms with van der Waals surface area (Å²) in [6.45, 7) is 2.79. The number of nitrogens with zero attached hydrogens (tertiary/aromatic N) is 1. The number of imidazole rings is 1. The Hall–Kier alpha value is -2.49.